The number of hydrogen-bond donors (Lipinski definition) is 3. The lowest BCUT2D eigenvalue weighted by molar-refractivity contribution is -0.161. The molecule has 0 spiro atoms. The summed E-state index contributed by atoms with van der Waals surface area (Å²) in [4.78, 5) is 72.4. The van der Waals surface area contributed by atoms with Crippen LogP contribution in [0.4, 0.5) is 0 Å². The van der Waals surface area contributed by atoms with Gasteiger partial charge in [-0.3, -0.25) is 37.3 Å². The van der Waals surface area contributed by atoms with Crippen LogP contribution in [0.2, 0.25) is 0 Å². The van der Waals surface area contributed by atoms with E-state index in [1.807, 2.05) is 0 Å². The summed E-state index contributed by atoms with van der Waals surface area (Å²) in [5.74, 6) is -0.564. The molecule has 528 valence electrons. The Morgan fingerprint density at radius 3 is 0.798 bits per heavy atom. The summed E-state index contributed by atoms with van der Waals surface area (Å²) in [5.41, 5.74) is 0. The first kappa shape index (κ1) is 87.1. The molecule has 89 heavy (non-hydrogen) atoms. The lowest BCUT2D eigenvalue weighted by atomic mass is 9.99. The van der Waals surface area contributed by atoms with E-state index in [0.717, 1.165) is 115 Å². The number of esters is 4. The van der Waals surface area contributed by atoms with Gasteiger partial charge < -0.3 is 33.8 Å². The minimum atomic E-state index is -4.95. The van der Waals surface area contributed by atoms with Crippen molar-refractivity contribution in [2.75, 3.05) is 39.6 Å². The number of phosphoric ester groups is 2. The maximum atomic E-state index is 13.0. The van der Waals surface area contributed by atoms with Crippen molar-refractivity contribution < 1.29 is 80.2 Å². The Bertz CT molecular complexity index is 1740. The largest absolute Gasteiger partial charge is 0.472 e. The first-order valence-electron chi connectivity index (χ1n) is 36.6. The van der Waals surface area contributed by atoms with Gasteiger partial charge in [-0.2, -0.15) is 0 Å². The summed E-state index contributed by atoms with van der Waals surface area (Å²) in [6.07, 6.45) is 47.3. The molecule has 0 amide bonds. The molecular weight excluding hydrogens is 1170 g/mol. The van der Waals surface area contributed by atoms with E-state index in [2.05, 4.69) is 41.5 Å². The highest BCUT2D eigenvalue weighted by molar-refractivity contribution is 7.47. The molecule has 3 N–H and O–H groups in total. The third-order valence-electron chi connectivity index (χ3n) is 16.9. The highest BCUT2D eigenvalue weighted by Gasteiger charge is 2.30. The number of aliphatic hydroxyl groups is 1. The molecule has 7 atom stereocenters. The lowest BCUT2D eigenvalue weighted by Crippen LogP contribution is -2.30. The highest BCUT2D eigenvalue weighted by Crippen LogP contribution is 2.45. The molecule has 4 unspecified atom stereocenters. The zero-order valence-electron chi connectivity index (χ0n) is 57.7. The normalized spacial score (nSPS) is 14.8. The van der Waals surface area contributed by atoms with E-state index in [-0.39, 0.29) is 25.7 Å². The molecule has 0 fully saturated rings. The Morgan fingerprint density at radius 2 is 0.539 bits per heavy atom. The van der Waals surface area contributed by atoms with E-state index in [1.165, 1.54) is 161 Å². The summed E-state index contributed by atoms with van der Waals surface area (Å²) in [5, 5.41) is 10.6. The number of unbranched alkanes of at least 4 members (excludes halogenated alkanes) is 37. The SMILES string of the molecule is CCCCCCCCCCCCCCCCC(=O)OC[C@H](COP(=O)(O)OC[C@@H](O)COP(=O)(O)OC[C@@H](COC(=O)CCCCCCCCC)OC(=O)CCCCCCCCC(C)CC)OC(=O)CCCCCCCCCCCCCCCCC(C)CC. The fourth-order valence-corrected chi connectivity index (χ4v) is 12.1. The molecule has 0 radical (unpaired) electrons. The van der Waals surface area contributed by atoms with Crippen LogP contribution >= 0.6 is 15.6 Å². The van der Waals surface area contributed by atoms with Gasteiger partial charge in [-0.15, -0.1) is 0 Å². The second-order valence-corrected chi connectivity index (χ2v) is 28.7. The number of rotatable bonds is 69. The van der Waals surface area contributed by atoms with E-state index in [9.17, 15) is 43.2 Å². The molecule has 17 nitrogen and oxygen atoms in total. The van der Waals surface area contributed by atoms with Gasteiger partial charge in [0.25, 0.3) is 0 Å². The van der Waals surface area contributed by atoms with E-state index in [1.54, 1.807) is 0 Å². The third kappa shape index (κ3) is 62.0. The van der Waals surface area contributed by atoms with Gasteiger partial charge in [-0.1, -0.05) is 305 Å². The fourth-order valence-electron chi connectivity index (χ4n) is 10.5. The molecule has 0 aliphatic rings. The summed E-state index contributed by atoms with van der Waals surface area (Å²) in [6.45, 7) is 9.51. The van der Waals surface area contributed by atoms with Gasteiger partial charge in [0.05, 0.1) is 26.4 Å². The number of phosphoric acid groups is 2. The van der Waals surface area contributed by atoms with Gasteiger partial charge in [0.2, 0.25) is 0 Å². The summed E-state index contributed by atoms with van der Waals surface area (Å²) in [7, 11) is -9.89. The number of carbonyl (C=O) groups is 4. The highest BCUT2D eigenvalue weighted by atomic mass is 31.2. The first-order valence-corrected chi connectivity index (χ1v) is 39.6. The maximum absolute atomic E-state index is 13.0. The maximum Gasteiger partial charge on any atom is 0.472 e. The van der Waals surface area contributed by atoms with Crippen molar-refractivity contribution in [3.63, 3.8) is 0 Å². The van der Waals surface area contributed by atoms with Crippen LogP contribution in [0.5, 0.6) is 0 Å². The third-order valence-corrected chi connectivity index (χ3v) is 18.8. The monoisotopic (exact) mass is 1310 g/mol. The predicted molar refractivity (Wildman–Crippen MR) is 358 cm³/mol. The molecule has 0 bridgehead atoms. The van der Waals surface area contributed by atoms with Gasteiger partial charge in [0.1, 0.15) is 19.3 Å². The van der Waals surface area contributed by atoms with Crippen molar-refractivity contribution in [3.8, 4) is 0 Å². The van der Waals surface area contributed by atoms with Crippen molar-refractivity contribution in [2.45, 2.75) is 374 Å². The second-order valence-electron chi connectivity index (χ2n) is 25.8. The van der Waals surface area contributed by atoms with E-state index in [0.29, 0.717) is 25.7 Å². The van der Waals surface area contributed by atoms with Gasteiger partial charge in [0, 0.05) is 25.7 Å². The van der Waals surface area contributed by atoms with Crippen molar-refractivity contribution in [1.82, 2.24) is 0 Å². The molecule has 0 heterocycles. The number of hydrogen-bond acceptors (Lipinski definition) is 15. The molecule has 0 aliphatic carbocycles. The van der Waals surface area contributed by atoms with Crippen LogP contribution in [0.25, 0.3) is 0 Å². The standard InChI is InChI=1S/C70H136O17P2/c1-7-11-13-15-17-18-19-20-24-27-30-34-41-47-53-68(73)81-59-65(86-69(74)54-48-42-35-31-28-25-22-21-23-26-29-33-38-44-50-62(5)9-3)60-84-88(76,77)82-56-64(71)57-83-89(78,79)85-61-66(58-80-67(72)52-46-40-32-16-14-12-8-2)87-70(75)55-49-43-37-36-39-45-51-63(6)10-4/h62-66,71H,7-61H2,1-6H3,(H,76,77)(H,78,79)/t62?,63?,64-,65-,66-/m1/s1. The fraction of sp³-hybridized carbons (Fsp3) is 0.943. The van der Waals surface area contributed by atoms with E-state index >= 15 is 0 Å². The van der Waals surface area contributed by atoms with Crippen LogP contribution in [-0.2, 0) is 65.4 Å². The topological polar surface area (TPSA) is 237 Å². The second kappa shape index (κ2) is 62.2. The molecule has 0 aromatic heterocycles. The minimum absolute atomic E-state index is 0.103. The zero-order valence-corrected chi connectivity index (χ0v) is 59.5. The van der Waals surface area contributed by atoms with Crippen LogP contribution in [0.1, 0.15) is 356 Å². The molecule has 0 saturated heterocycles. The Morgan fingerprint density at radius 1 is 0.315 bits per heavy atom. The lowest BCUT2D eigenvalue weighted by Gasteiger charge is -2.21. The predicted octanol–water partition coefficient (Wildman–Crippen LogP) is 20.0. The summed E-state index contributed by atoms with van der Waals surface area (Å²) >= 11 is 0. The van der Waals surface area contributed by atoms with E-state index in [4.69, 9.17) is 37.0 Å². The Balaban J connectivity index is 5.20. The van der Waals surface area contributed by atoms with Crippen LogP contribution < -0.4 is 0 Å². The molecule has 0 saturated carbocycles. The molecular formula is C70H136O17P2. The van der Waals surface area contributed by atoms with Crippen molar-refractivity contribution in [1.29, 1.82) is 0 Å². The molecule has 19 heteroatoms. The molecule has 0 rings (SSSR count). The summed E-state index contributed by atoms with van der Waals surface area (Å²) in [6, 6.07) is 0. The van der Waals surface area contributed by atoms with Gasteiger partial charge >= 0.3 is 39.5 Å². The molecule has 0 aromatic rings. The molecule has 0 aliphatic heterocycles. The Labute approximate surface area is 543 Å². The molecule has 0 aromatic carbocycles. The number of aliphatic hydroxyl groups excluding tert-OH is 1. The Hall–Kier alpha value is -1.94. The average molecular weight is 1310 g/mol. The first-order chi connectivity index (χ1) is 42.9. The van der Waals surface area contributed by atoms with Gasteiger partial charge in [-0.05, 0) is 37.5 Å². The Kier molecular flexibility index (Phi) is 60.8. The zero-order chi connectivity index (χ0) is 65.7. The van der Waals surface area contributed by atoms with Crippen LogP contribution in [-0.4, -0.2) is 96.7 Å². The summed E-state index contributed by atoms with van der Waals surface area (Å²) < 4.78 is 68.2. The van der Waals surface area contributed by atoms with Crippen LogP contribution in [0.3, 0.4) is 0 Å². The van der Waals surface area contributed by atoms with Gasteiger partial charge in [-0.25, -0.2) is 9.13 Å². The smallest absolute Gasteiger partial charge is 0.462 e. The van der Waals surface area contributed by atoms with Crippen molar-refractivity contribution in [2.24, 2.45) is 11.8 Å². The van der Waals surface area contributed by atoms with Crippen molar-refractivity contribution in [3.05, 3.63) is 0 Å². The van der Waals surface area contributed by atoms with Crippen LogP contribution in [0.15, 0.2) is 0 Å². The van der Waals surface area contributed by atoms with Gasteiger partial charge in [0.15, 0.2) is 12.2 Å². The quantitative estimate of drug-likeness (QED) is 0.0222. The van der Waals surface area contributed by atoms with Crippen LogP contribution in [0, 0.1) is 11.8 Å². The minimum Gasteiger partial charge on any atom is -0.462 e. The average Bonchev–Trinajstić information content (AvgIpc) is 3.52. The van der Waals surface area contributed by atoms with E-state index < -0.39 is 97.5 Å². The van der Waals surface area contributed by atoms with Crippen molar-refractivity contribution >= 4 is 39.5 Å². The number of carbonyl (C=O) groups excluding carboxylic acids is 4. The number of ether oxygens (including phenoxy) is 4.